The number of halogens is 2. The zero-order valence-electron chi connectivity index (χ0n) is 41.2. The van der Waals surface area contributed by atoms with Crippen molar-refractivity contribution in [3.8, 4) is 23.0 Å². The van der Waals surface area contributed by atoms with E-state index >= 15 is 8.63 Å². The summed E-state index contributed by atoms with van der Waals surface area (Å²) in [6.45, 7) is -0.996. The summed E-state index contributed by atoms with van der Waals surface area (Å²) in [6.07, 6.45) is 1.08. The number of fused-ring (bicyclic) bond motifs is 2. The molecule has 390 valence electrons. The van der Waals surface area contributed by atoms with Gasteiger partial charge in [-0.2, -0.15) is 8.42 Å². The van der Waals surface area contributed by atoms with Crippen LogP contribution in [0.2, 0.25) is 0 Å². The molecular weight excluding hydrogens is 981 g/mol. The van der Waals surface area contributed by atoms with Crippen molar-refractivity contribution in [2.75, 3.05) is 54.3 Å². The number of quaternary nitrogens is 1. The fourth-order valence-electron chi connectivity index (χ4n) is 8.57. The molecule has 0 saturated carbocycles. The number of carbonyl (C=O) groups is 3. The molecule has 6 rings (SSSR count). The zero-order valence-corrected chi connectivity index (χ0v) is 42.0. The van der Waals surface area contributed by atoms with Crippen molar-refractivity contribution in [3.63, 3.8) is 0 Å². The van der Waals surface area contributed by atoms with Gasteiger partial charge in [0.2, 0.25) is 5.91 Å². The average molecular weight is 1040 g/mol. The van der Waals surface area contributed by atoms with Gasteiger partial charge in [-0.25, -0.2) is 4.79 Å². The van der Waals surface area contributed by atoms with Crippen LogP contribution < -0.4 is 24.3 Å². The van der Waals surface area contributed by atoms with Gasteiger partial charge < -0.3 is 51.1 Å². The van der Waals surface area contributed by atoms with Crippen molar-refractivity contribution in [1.29, 1.82) is 0 Å². The molecule has 0 saturated heterocycles. The first kappa shape index (κ1) is 54.8. The highest BCUT2D eigenvalue weighted by Gasteiger charge is 2.54. The van der Waals surface area contributed by atoms with Crippen molar-refractivity contribution in [2.45, 2.75) is 64.5 Å². The molecule has 2 aliphatic heterocycles. The number of allylic oxidation sites excluding steroid dienone is 2. The highest BCUT2D eigenvalue weighted by molar-refractivity contribution is 7.85. The summed E-state index contributed by atoms with van der Waals surface area (Å²) in [5.74, 6) is -2.58. The predicted octanol–water partition coefficient (Wildman–Crippen LogP) is 7.15. The first-order valence-electron chi connectivity index (χ1n) is 23.0. The number of aromatic nitrogens is 1. The summed E-state index contributed by atoms with van der Waals surface area (Å²) >= 11 is 0. The van der Waals surface area contributed by atoms with Gasteiger partial charge in [0.1, 0.15) is 29.4 Å². The van der Waals surface area contributed by atoms with Gasteiger partial charge in [0.05, 0.1) is 70.0 Å². The minimum absolute atomic E-state index is 0.0406. The van der Waals surface area contributed by atoms with Crippen LogP contribution in [0.25, 0.3) is 6.08 Å². The first-order valence-corrected chi connectivity index (χ1v) is 24.6. The number of Topliss-reactive ketones (excluding diaryl/α,β-unsaturated/α-hetero) is 1. The summed E-state index contributed by atoms with van der Waals surface area (Å²) in [6, 6.07) is 13.4. The van der Waals surface area contributed by atoms with Crippen LogP contribution in [0.1, 0.15) is 73.2 Å². The zero-order chi connectivity index (χ0) is 53.6. The number of methoxy groups -OCH3 is 2. The number of nitro benzene ring substituents is 2. The van der Waals surface area contributed by atoms with Crippen molar-refractivity contribution in [1.82, 2.24) is 9.79 Å². The van der Waals surface area contributed by atoms with Gasteiger partial charge in [-0.05, 0) is 92.9 Å². The van der Waals surface area contributed by atoms with Crippen LogP contribution >= 0.6 is 0 Å². The van der Waals surface area contributed by atoms with Crippen LogP contribution in [0.3, 0.4) is 0 Å². The maximum absolute atomic E-state index is 17.3. The van der Waals surface area contributed by atoms with Gasteiger partial charge >= 0.3 is 13.1 Å². The maximum atomic E-state index is 17.3. The third-order valence-corrected chi connectivity index (χ3v) is 12.8. The number of ketones is 1. The Morgan fingerprint density at radius 2 is 1.56 bits per heavy atom. The third kappa shape index (κ3) is 13.5. The Balaban J connectivity index is 1.11. The molecule has 4 aromatic rings. The summed E-state index contributed by atoms with van der Waals surface area (Å²) < 4.78 is 97.6. The SMILES string of the molecule is COc1ccc(C2=[N+]3C(=Cc4c(C)cc(CCC(=O)NC(CS(=O)(=O)O)C(=O)CCCOc5cc([N+](=O)[O-])c(C(C)OC(=O)Oc6ccc([N+](=O)[O-])cc6)cc5OC)n4[B-]3(F)F)C(CCC[N+](C)(C)C)=C2)cc1. The Kier molecular flexibility index (Phi) is 16.9. The van der Waals surface area contributed by atoms with E-state index in [0.717, 1.165) is 57.8 Å². The quantitative estimate of drug-likeness (QED) is 0.0103. The Labute approximate surface area is 419 Å². The van der Waals surface area contributed by atoms with Crippen LogP contribution in [0.5, 0.6) is 23.0 Å². The van der Waals surface area contributed by atoms with E-state index in [9.17, 15) is 47.6 Å². The van der Waals surface area contributed by atoms with Crippen LogP contribution in [0.4, 0.5) is 24.8 Å². The molecule has 3 aromatic carbocycles. The number of amides is 1. The number of nitro groups is 2. The first-order chi connectivity index (χ1) is 34.3. The lowest BCUT2D eigenvalue weighted by atomic mass is 9.88. The number of aryl methyl sites for hydroxylation is 2. The minimum atomic E-state index is -4.84. The summed E-state index contributed by atoms with van der Waals surface area (Å²) in [5.41, 5.74) is 2.00. The van der Waals surface area contributed by atoms with E-state index in [2.05, 4.69) is 26.5 Å². The van der Waals surface area contributed by atoms with Crippen molar-refractivity contribution in [2.24, 2.45) is 0 Å². The average Bonchev–Trinajstić information content (AvgIpc) is 3.86. The molecule has 21 nitrogen and oxygen atoms in total. The maximum Gasteiger partial charge on any atom is 0.737 e. The van der Waals surface area contributed by atoms with Crippen LogP contribution in [-0.4, -0.2) is 127 Å². The molecule has 1 amide bonds. The van der Waals surface area contributed by atoms with Gasteiger partial charge in [-0.1, -0.05) is 0 Å². The lowest BCUT2D eigenvalue weighted by molar-refractivity contribution is -0.870. The molecule has 1 aromatic heterocycles. The highest BCUT2D eigenvalue weighted by Crippen LogP contribution is 2.41. The second-order valence-corrected chi connectivity index (χ2v) is 19.9. The highest BCUT2D eigenvalue weighted by atomic mass is 32.2. The number of nitrogens with zero attached hydrogens (tertiary/aromatic N) is 5. The molecule has 0 fully saturated rings. The van der Waals surface area contributed by atoms with Crippen molar-refractivity contribution >= 4 is 58.1 Å². The Morgan fingerprint density at radius 1 is 0.890 bits per heavy atom. The van der Waals surface area contributed by atoms with Crippen LogP contribution in [0.15, 0.2) is 84.1 Å². The number of nitrogens with one attached hydrogen (secondary N) is 1. The number of hydrogen-bond acceptors (Lipinski definition) is 14. The largest absolute Gasteiger partial charge is 0.737 e. The molecule has 0 radical (unpaired) electrons. The molecule has 73 heavy (non-hydrogen) atoms. The predicted molar refractivity (Wildman–Crippen MR) is 263 cm³/mol. The molecular formula is C48H56BF2N6O15S+. The smallest absolute Gasteiger partial charge is 0.497 e. The van der Waals surface area contributed by atoms with E-state index < -0.39 is 81.2 Å². The molecule has 25 heteroatoms. The Hall–Kier alpha value is -7.51. The molecule has 0 bridgehead atoms. The van der Waals surface area contributed by atoms with Crippen molar-refractivity contribution in [3.05, 3.63) is 132 Å². The van der Waals surface area contributed by atoms with E-state index in [1.54, 1.807) is 49.4 Å². The van der Waals surface area contributed by atoms with Gasteiger partial charge in [0, 0.05) is 60.4 Å². The van der Waals surface area contributed by atoms with Gasteiger partial charge in [-0.3, -0.25) is 34.4 Å². The van der Waals surface area contributed by atoms with E-state index in [1.165, 1.54) is 27.2 Å². The van der Waals surface area contributed by atoms with E-state index in [0.29, 0.717) is 39.2 Å². The fourth-order valence-corrected chi connectivity index (χ4v) is 9.26. The summed E-state index contributed by atoms with van der Waals surface area (Å²) in [7, 11) is 4.09. The van der Waals surface area contributed by atoms with Gasteiger partial charge in [0.25, 0.3) is 21.5 Å². The lowest BCUT2D eigenvalue weighted by Gasteiger charge is -2.32. The number of hydrogen-bond donors (Lipinski definition) is 2. The second kappa shape index (κ2) is 22.5. The number of carbonyl (C=O) groups excluding carboxylic acids is 3. The Morgan fingerprint density at radius 3 is 2.16 bits per heavy atom. The minimum Gasteiger partial charge on any atom is -0.497 e. The number of benzene rings is 3. The monoisotopic (exact) mass is 1040 g/mol. The summed E-state index contributed by atoms with van der Waals surface area (Å²) in [5, 5.41) is 25.4. The fraction of sp³-hybridized carbons (Fsp3) is 0.375. The molecule has 2 aliphatic rings. The van der Waals surface area contributed by atoms with E-state index in [4.69, 9.17) is 23.7 Å². The second-order valence-electron chi connectivity index (χ2n) is 18.4. The molecule has 2 atom stereocenters. The van der Waals surface area contributed by atoms with Gasteiger partial charge in [-0.15, -0.1) is 0 Å². The normalized spacial score (nSPS) is 14.7. The third-order valence-electron chi connectivity index (χ3n) is 12.1. The van der Waals surface area contributed by atoms with E-state index in [1.807, 2.05) is 0 Å². The van der Waals surface area contributed by atoms with Gasteiger partial charge in [0.15, 0.2) is 28.7 Å². The van der Waals surface area contributed by atoms with Crippen molar-refractivity contribution < 1.29 is 78.5 Å². The standard InChI is InChI=1S/C48H55BF2N6O15S/c1-30-24-35(53-40(30)27-42-33(10-8-22-57(3,4)5)25-41(54(42)49(53,50)51)32-12-17-36(68-6)18-13-32)16-21-47(59)52-39(29-73(65,66)67)44(58)11-9-23-70-46-28-43(56(63)64)38(26-45(46)69-7)31(2)71-48(60)72-37-19-14-34(15-20-37)55(61)62/h12-15,17-20,24-28,31,39H,8-11,16,21-23,29H2,1-7H3,(H-,52,59,65,66,67)/p+1. The molecule has 2 unspecified atom stereocenters. The molecule has 3 heterocycles. The Bertz CT molecular complexity index is 3010. The molecule has 0 spiro atoms. The van der Waals surface area contributed by atoms with Crippen LogP contribution in [0, 0.1) is 27.2 Å². The lowest BCUT2D eigenvalue weighted by Crippen LogP contribution is -2.51. The number of ether oxygens (including phenoxy) is 5. The number of rotatable bonds is 24. The summed E-state index contributed by atoms with van der Waals surface area (Å²) in [4.78, 5) is 61.0. The molecule has 2 N–H and O–H groups in total. The number of non-ortho nitro benzene ring substituents is 1. The molecule has 0 aliphatic carbocycles. The van der Waals surface area contributed by atoms with Crippen LogP contribution in [-0.2, 0) is 30.9 Å². The van der Waals surface area contributed by atoms with E-state index in [-0.39, 0.29) is 59.3 Å². The topological polar surface area (TPSA) is 258 Å².